The number of hydrogen-bond acceptors (Lipinski definition) is 9. The Kier molecular flexibility index (Phi) is 14.9. The van der Waals surface area contributed by atoms with Gasteiger partial charge in [-0.05, 0) is 66.0 Å². The number of methoxy groups -OCH3 is 1. The Labute approximate surface area is 313 Å². The normalized spacial score (nSPS) is 15.7. The first-order valence-electron chi connectivity index (χ1n) is 18.0. The van der Waals surface area contributed by atoms with E-state index < -0.39 is 45.6 Å². The average molecular weight is 751 g/mol. The lowest BCUT2D eigenvalue weighted by molar-refractivity contribution is -0.127. The minimum Gasteiger partial charge on any atom is -0.411 e. The summed E-state index contributed by atoms with van der Waals surface area (Å²) in [6, 6.07) is 18.4. The second kappa shape index (κ2) is 19.1. The van der Waals surface area contributed by atoms with E-state index in [9.17, 15) is 23.1 Å². The second-order valence-corrected chi connectivity index (χ2v) is 16.8. The van der Waals surface area contributed by atoms with Gasteiger partial charge in [0.15, 0.2) is 0 Å². The molecule has 1 saturated carbocycles. The number of nitrogens with zero attached hydrogens (tertiary/aromatic N) is 4. The van der Waals surface area contributed by atoms with Gasteiger partial charge in [0.2, 0.25) is 15.9 Å². The molecular formula is C39H54N6O7S. The van der Waals surface area contributed by atoms with Crippen molar-refractivity contribution in [1.29, 1.82) is 0 Å². The van der Waals surface area contributed by atoms with E-state index in [2.05, 4.69) is 20.8 Å². The maximum absolute atomic E-state index is 14.2. The van der Waals surface area contributed by atoms with Gasteiger partial charge < -0.3 is 30.6 Å². The Morgan fingerprint density at radius 1 is 1.00 bits per heavy atom. The number of carbonyl (C=O) groups is 2. The van der Waals surface area contributed by atoms with E-state index in [1.807, 2.05) is 69.3 Å². The van der Waals surface area contributed by atoms with Gasteiger partial charge >= 0.3 is 6.03 Å². The van der Waals surface area contributed by atoms with Gasteiger partial charge in [-0.3, -0.25) is 9.78 Å². The highest BCUT2D eigenvalue weighted by Gasteiger charge is 2.37. The molecule has 1 aliphatic carbocycles. The standard InChI is InChI=1S/C39H54N6O7S/c1-39(2,3)36(43-38(48)44(4)25-31-16-11-17-32(41-31)27-52-5)37(47)42-34(22-28-12-7-6-8-13-28)35(46)26-45(24-30-14-9-10-15-30)53(50,51)33-20-18-29(19-21-33)23-40-49/h6-8,11-13,16-21,23,30,34-36,46,49H,9-10,14-15,22,24-27H2,1-5H3,(H,42,47)(H,43,48)/t34-,35+,36+/m0/s1. The van der Waals surface area contributed by atoms with Crippen LogP contribution in [-0.2, 0) is 39.1 Å². The number of carbonyl (C=O) groups excluding carboxylic acids is 2. The number of nitrogens with one attached hydrogen (secondary N) is 2. The second-order valence-electron chi connectivity index (χ2n) is 14.8. The fourth-order valence-electron chi connectivity index (χ4n) is 6.52. The number of aromatic nitrogens is 1. The molecule has 4 rings (SSSR count). The molecule has 0 spiro atoms. The van der Waals surface area contributed by atoms with Gasteiger partial charge in [-0.2, -0.15) is 4.31 Å². The molecule has 0 saturated heterocycles. The molecule has 0 aliphatic heterocycles. The molecule has 53 heavy (non-hydrogen) atoms. The summed E-state index contributed by atoms with van der Waals surface area (Å²) >= 11 is 0. The molecular weight excluding hydrogens is 697 g/mol. The highest BCUT2D eigenvalue weighted by Crippen LogP contribution is 2.29. The third-order valence-electron chi connectivity index (χ3n) is 9.44. The Morgan fingerprint density at radius 3 is 2.28 bits per heavy atom. The number of oxime groups is 1. The quantitative estimate of drug-likeness (QED) is 0.0883. The number of benzene rings is 2. The van der Waals surface area contributed by atoms with E-state index in [0.717, 1.165) is 36.9 Å². The summed E-state index contributed by atoms with van der Waals surface area (Å²) in [5.74, 6) is -0.374. The smallest absolute Gasteiger partial charge is 0.318 e. The number of hydrogen-bond donors (Lipinski definition) is 4. The van der Waals surface area contributed by atoms with Crippen LogP contribution in [0.1, 0.15) is 69.0 Å². The van der Waals surface area contributed by atoms with Crippen molar-refractivity contribution in [3.8, 4) is 0 Å². The first-order chi connectivity index (χ1) is 25.2. The van der Waals surface area contributed by atoms with Crippen LogP contribution in [-0.4, -0.2) is 96.5 Å². The lowest BCUT2D eigenvalue weighted by Gasteiger charge is -2.35. The van der Waals surface area contributed by atoms with Crippen molar-refractivity contribution in [2.24, 2.45) is 16.5 Å². The van der Waals surface area contributed by atoms with Crippen molar-refractivity contribution in [3.63, 3.8) is 0 Å². The summed E-state index contributed by atoms with van der Waals surface area (Å²) in [7, 11) is -0.866. The fourth-order valence-corrected chi connectivity index (χ4v) is 8.05. The molecule has 1 fully saturated rings. The van der Waals surface area contributed by atoms with E-state index in [1.54, 1.807) is 26.3 Å². The van der Waals surface area contributed by atoms with Crippen LogP contribution in [0.4, 0.5) is 4.79 Å². The average Bonchev–Trinajstić information content (AvgIpc) is 3.64. The number of aliphatic hydroxyl groups excluding tert-OH is 1. The molecule has 3 aromatic rings. The van der Waals surface area contributed by atoms with Gasteiger partial charge in [0.25, 0.3) is 0 Å². The van der Waals surface area contributed by atoms with Crippen LogP contribution in [0, 0.1) is 11.3 Å². The monoisotopic (exact) mass is 750 g/mol. The van der Waals surface area contributed by atoms with Crippen LogP contribution in [0.15, 0.2) is 82.8 Å². The van der Waals surface area contributed by atoms with Crippen molar-refractivity contribution in [1.82, 2.24) is 24.8 Å². The number of ether oxygens (including phenoxy) is 1. The topological polar surface area (TPSA) is 174 Å². The number of urea groups is 1. The molecule has 13 nitrogen and oxygen atoms in total. The molecule has 0 radical (unpaired) electrons. The highest BCUT2D eigenvalue weighted by atomic mass is 32.2. The van der Waals surface area contributed by atoms with Crippen LogP contribution in [0.25, 0.3) is 0 Å². The summed E-state index contributed by atoms with van der Waals surface area (Å²) in [4.78, 5) is 33.7. The van der Waals surface area contributed by atoms with E-state index >= 15 is 0 Å². The summed E-state index contributed by atoms with van der Waals surface area (Å²) in [5, 5.41) is 29.7. The zero-order valence-corrected chi connectivity index (χ0v) is 32.1. The molecule has 2 aromatic carbocycles. The third kappa shape index (κ3) is 12.1. The Bertz CT molecular complexity index is 1760. The lowest BCUT2D eigenvalue weighted by Crippen LogP contribution is -2.60. The van der Waals surface area contributed by atoms with E-state index in [0.29, 0.717) is 17.9 Å². The van der Waals surface area contributed by atoms with Crippen LogP contribution >= 0.6 is 0 Å². The minimum atomic E-state index is -4.07. The molecule has 1 aliphatic rings. The van der Waals surface area contributed by atoms with Crippen molar-refractivity contribution >= 4 is 28.2 Å². The maximum atomic E-state index is 14.2. The largest absolute Gasteiger partial charge is 0.411 e. The molecule has 14 heteroatoms. The lowest BCUT2D eigenvalue weighted by atomic mass is 9.85. The minimum absolute atomic E-state index is 0.0432. The number of sulfonamides is 1. The molecule has 0 unspecified atom stereocenters. The Morgan fingerprint density at radius 2 is 1.66 bits per heavy atom. The number of amides is 3. The Balaban J connectivity index is 1.57. The van der Waals surface area contributed by atoms with Gasteiger partial charge in [-0.15, -0.1) is 0 Å². The van der Waals surface area contributed by atoms with Gasteiger partial charge in [-0.25, -0.2) is 13.2 Å². The van der Waals surface area contributed by atoms with Crippen molar-refractivity contribution in [3.05, 3.63) is 95.3 Å². The molecule has 1 heterocycles. The van der Waals surface area contributed by atoms with Gasteiger partial charge in [0.1, 0.15) is 6.04 Å². The SMILES string of the molecule is COCc1cccc(CN(C)C(=O)N[C@H](C(=O)N[C@@H](Cc2ccccc2)[C@H](O)CN(CC2CCCC2)S(=O)(=O)c2ccc(C=NO)cc2)C(C)(C)C)n1. The maximum Gasteiger partial charge on any atom is 0.318 e. The zero-order valence-electron chi connectivity index (χ0n) is 31.3. The van der Waals surface area contributed by atoms with Crippen molar-refractivity contribution < 1.29 is 33.1 Å². The summed E-state index contributed by atoms with van der Waals surface area (Å²) in [6.45, 7) is 6.00. The number of rotatable bonds is 17. The van der Waals surface area contributed by atoms with Crippen LogP contribution in [0.5, 0.6) is 0 Å². The van der Waals surface area contributed by atoms with Crippen LogP contribution < -0.4 is 10.6 Å². The highest BCUT2D eigenvalue weighted by molar-refractivity contribution is 7.89. The van der Waals surface area contributed by atoms with Crippen molar-refractivity contribution in [2.45, 2.75) is 89.1 Å². The summed E-state index contributed by atoms with van der Waals surface area (Å²) in [5.41, 5.74) is 2.02. The van der Waals surface area contributed by atoms with Gasteiger partial charge in [-0.1, -0.05) is 87.3 Å². The van der Waals surface area contributed by atoms with Crippen LogP contribution in [0.2, 0.25) is 0 Å². The summed E-state index contributed by atoms with van der Waals surface area (Å²) in [6.07, 6.45) is 3.90. The first kappa shape index (κ1) is 41.4. The van der Waals surface area contributed by atoms with Crippen LogP contribution in [0.3, 0.4) is 0 Å². The first-order valence-corrected chi connectivity index (χ1v) is 19.4. The predicted molar refractivity (Wildman–Crippen MR) is 203 cm³/mol. The third-order valence-corrected chi connectivity index (χ3v) is 11.3. The molecule has 1 aromatic heterocycles. The molecule has 0 bridgehead atoms. The molecule has 3 atom stereocenters. The zero-order chi connectivity index (χ0) is 38.6. The van der Waals surface area contributed by atoms with Gasteiger partial charge in [0.05, 0.1) is 47.8 Å². The molecule has 4 N–H and O–H groups in total. The predicted octanol–water partition coefficient (Wildman–Crippen LogP) is 4.56. The number of pyridine rings is 1. The van der Waals surface area contributed by atoms with Gasteiger partial charge in [0, 0.05) is 27.2 Å². The fraction of sp³-hybridized carbons (Fsp3) is 0.487. The number of aliphatic hydroxyl groups is 1. The molecule has 3 amide bonds. The van der Waals surface area contributed by atoms with E-state index in [-0.39, 0.29) is 36.9 Å². The van der Waals surface area contributed by atoms with Crippen molar-refractivity contribution in [2.75, 3.05) is 27.2 Å². The molecule has 288 valence electrons. The Hall–Kier alpha value is -4.37. The van der Waals surface area contributed by atoms with E-state index in [1.165, 1.54) is 27.6 Å². The van der Waals surface area contributed by atoms with E-state index in [4.69, 9.17) is 9.94 Å². The summed E-state index contributed by atoms with van der Waals surface area (Å²) < 4.78 is 34.7.